The maximum absolute atomic E-state index is 12.2. The van der Waals surface area contributed by atoms with Gasteiger partial charge in [0.05, 0.1) is 7.11 Å². The van der Waals surface area contributed by atoms with Crippen LogP contribution in [0.2, 0.25) is 0 Å². The molecule has 5 nitrogen and oxygen atoms in total. The van der Waals surface area contributed by atoms with Crippen molar-refractivity contribution in [2.24, 2.45) is 5.73 Å². The molecule has 0 aromatic heterocycles. The second-order valence-electron chi connectivity index (χ2n) is 4.46. The molecule has 1 aliphatic rings. The van der Waals surface area contributed by atoms with Gasteiger partial charge in [-0.1, -0.05) is 0 Å². The number of carbonyl (C=O) groups is 2. The number of nitrogens with zero attached hydrogens (tertiary/aromatic N) is 1. The summed E-state index contributed by atoms with van der Waals surface area (Å²) in [5.41, 5.74) is 7.01. The van der Waals surface area contributed by atoms with E-state index in [1.807, 2.05) is 6.92 Å². The number of nitrogens with two attached hydrogens (primary N) is 1. The molecular weight excluding hydrogens is 232 g/mol. The van der Waals surface area contributed by atoms with Crippen molar-refractivity contribution >= 4 is 11.8 Å². The van der Waals surface area contributed by atoms with Crippen LogP contribution < -0.4 is 10.5 Å². The smallest absolute Gasteiger partial charge is 0.260 e. The van der Waals surface area contributed by atoms with E-state index in [0.29, 0.717) is 12.1 Å². The normalized spacial score (nSPS) is 19.2. The Bertz CT molecular complexity index is 499. The molecule has 1 unspecified atom stereocenters. The molecule has 2 rings (SSSR count). The molecule has 0 bridgehead atoms. The van der Waals surface area contributed by atoms with E-state index >= 15 is 0 Å². The molecule has 5 heteroatoms. The zero-order valence-corrected chi connectivity index (χ0v) is 10.5. The predicted octanol–water partition coefficient (Wildman–Crippen LogP) is 0.703. The van der Waals surface area contributed by atoms with Crippen LogP contribution in [-0.4, -0.2) is 36.4 Å². The number of rotatable bonds is 2. The summed E-state index contributed by atoms with van der Waals surface area (Å²) in [5, 5.41) is 0. The molecule has 2 amide bonds. The fourth-order valence-corrected chi connectivity index (χ4v) is 2.10. The van der Waals surface area contributed by atoms with Crippen LogP contribution in [0.15, 0.2) is 18.2 Å². The van der Waals surface area contributed by atoms with Gasteiger partial charge in [-0.05, 0) is 30.7 Å². The van der Waals surface area contributed by atoms with Gasteiger partial charge in [0.2, 0.25) is 5.91 Å². The predicted molar refractivity (Wildman–Crippen MR) is 66.4 cm³/mol. The Labute approximate surface area is 106 Å². The molecule has 0 aliphatic carbocycles. The van der Waals surface area contributed by atoms with Crippen LogP contribution in [0, 0.1) is 6.92 Å². The first-order valence-corrected chi connectivity index (χ1v) is 5.78. The summed E-state index contributed by atoms with van der Waals surface area (Å²) in [6.07, 6.45) is 0.237. The van der Waals surface area contributed by atoms with Crippen molar-refractivity contribution in [1.82, 2.24) is 4.90 Å². The minimum absolute atomic E-state index is 0.207. The Hall–Kier alpha value is -1.88. The van der Waals surface area contributed by atoms with E-state index in [9.17, 15) is 9.59 Å². The Kier molecular flexibility index (Phi) is 3.34. The molecule has 1 aromatic rings. The molecule has 2 N–H and O–H groups in total. The van der Waals surface area contributed by atoms with Gasteiger partial charge in [0.1, 0.15) is 5.75 Å². The largest absolute Gasteiger partial charge is 0.496 e. The number of methoxy groups -OCH3 is 1. The van der Waals surface area contributed by atoms with Crippen molar-refractivity contribution in [3.8, 4) is 5.75 Å². The Morgan fingerprint density at radius 2 is 2.22 bits per heavy atom. The van der Waals surface area contributed by atoms with Crippen LogP contribution in [0.3, 0.4) is 0 Å². The molecule has 0 radical (unpaired) electrons. The highest BCUT2D eigenvalue weighted by Crippen LogP contribution is 2.21. The first-order chi connectivity index (χ1) is 8.52. The van der Waals surface area contributed by atoms with Gasteiger partial charge in [-0.15, -0.1) is 0 Å². The molecule has 1 fully saturated rings. The number of aryl methyl sites for hydroxylation is 1. The fraction of sp³-hybridized carbons (Fsp3) is 0.385. The molecule has 1 heterocycles. The number of likely N-dealkylation sites (tertiary alicyclic amines) is 1. The van der Waals surface area contributed by atoms with Gasteiger partial charge < -0.3 is 10.5 Å². The molecule has 18 heavy (non-hydrogen) atoms. The maximum atomic E-state index is 12.2. The summed E-state index contributed by atoms with van der Waals surface area (Å²) in [6, 6.07) is 4.85. The minimum atomic E-state index is -0.293. The lowest BCUT2D eigenvalue weighted by atomic mass is 10.1. The van der Waals surface area contributed by atoms with E-state index in [1.54, 1.807) is 25.3 Å². The van der Waals surface area contributed by atoms with Crippen molar-refractivity contribution in [3.05, 3.63) is 29.3 Å². The number of benzene rings is 1. The van der Waals surface area contributed by atoms with Crippen LogP contribution >= 0.6 is 0 Å². The third-order valence-electron chi connectivity index (χ3n) is 3.04. The highest BCUT2D eigenvalue weighted by atomic mass is 16.5. The summed E-state index contributed by atoms with van der Waals surface area (Å²) >= 11 is 0. The standard InChI is InChI=1S/C13H16N2O3/c1-8-5-9(3-4-11(8)18-2)13(17)15-7-10(14)6-12(15)16/h3-5,10H,6-7,14H2,1-2H3. The first-order valence-electron chi connectivity index (χ1n) is 5.78. The molecule has 96 valence electrons. The van der Waals surface area contributed by atoms with E-state index in [0.717, 1.165) is 11.3 Å². The molecular formula is C13H16N2O3. The lowest BCUT2D eigenvalue weighted by Crippen LogP contribution is -2.34. The SMILES string of the molecule is COc1ccc(C(=O)N2CC(N)CC2=O)cc1C. The molecule has 0 spiro atoms. The number of carbonyl (C=O) groups excluding carboxylic acids is 2. The fourth-order valence-electron chi connectivity index (χ4n) is 2.10. The average Bonchev–Trinajstić information content (AvgIpc) is 2.67. The summed E-state index contributed by atoms with van der Waals surface area (Å²) in [5.74, 6) is 0.218. The van der Waals surface area contributed by atoms with Crippen LogP contribution in [0.5, 0.6) is 5.75 Å². The highest BCUT2D eigenvalue weighted by molar-refractivity contribution is 6.06. The van der Waals surface area contributed by atoms with Gasteiger partial charge in [0, 0.05) is 24.6 Å². The van der Waals surface area contributed by atoms with Crippen molar-refractivity contribution in [3.63, 3.8) is 0 Å². The van der Waals surface area contributed by atoms with Gasteiger partial charge in [-0.25, -0.2) is 0 Å². The van der Waals surface area contributed by atoms with Crippen LogP contribution in [0.25, 0.3) is 0 Å². The molecule has 1 saturated heterocycles. The second-order valence-corrected chi connectivity index (χ2v) is 4.46. The van der Waals surface area contributed by atoms with E-state index < -0.39 is 0 Å². The van der Waals surface area contributed by atoms with Gasteiger partial charge in [0.25, 0.3) is 5.91 Å². The summed E-state index contributed by atoms with van der Waals surface area (Å²) in [6.45, 7) is 2.15. The van der Waals surface area contributed by atoms with Crippen molar-refractivity contribution in [2.45, 2.75) is 19.4 Å². The average molecular weight is 248 g/mol. The first kappa shape index (κ1) is 12.6. The third-order valence-corrected chi connectivity index (χ3v) is 3.04. The monoisotopic (exact) mass is 248 g/mol. The van der Waals surface area contributed by atoms with E-state index in [1.165, 1.54) is 4.90 Å². The summed E-state index contributed by atoms with van der Waals surface area (Å²) in [7, 11) is 1.58. The van der Waals surface area contributed by atoms with Crippen molar-refractivity contribution in [2.75, 3.05) is 13.7 Å². The molecule has 1 atom stereocenters. The number of ether oxygens (including phenoxy) is 1. The molecule has 1 aromatic carbocycles. The van der Waals surface area contributed by atoms with Gasteiger partial charge in [-0.3, -0.25) is 14.5 Å². The van der Waals surface area contributed by atoms with Gasteiger partial charge >= 0.3 is 0 Å². The number of amides is 2. The van der Waals surface area contributed by atoms with Crippen LogP contribution in [0.1, 0.15) is 22.3 Å². The lowest BCUT2D eigenvalue weighted by molar-refractivity contribution is -0.125. The third kappa shape index (κ3) is 2.22. The Balaban J connectivity index is 2.24. The second kappa shape index (κ2) is 4.78. The lowest BCUT2D eigenvalue weighted by Gasteiger charge is -2.15. The zero-order valence-electron chi connectivity index (χ0n) is 10.5. The van der Waals surface area contributed by atoms with Crippen LogP contribution in [0.4, 0.5) is 0 Å². The number of hydrogen-bond donors (Lipinski definition) is 1. The highest BCUT2D eigenvalue weighted by Gasteiger charge is 2.32. The van der Waals surface area contributed by atoms with E-state index in [-0.39, 0.29) is 24.3 Å². The number of hydrogen-bond acceptors (Lipinski definition) is 4. The van der Waals surface area contributed by atoms with E-state index in [2.05, 4.69) is 0 Å². The van der Waals surface area contributed by atoms with Crippen molar-refractivity contribution in [1.29, 1.82) is 0 Å². The summed E-state index contributed by atoms with van der Waals surface area (Å²) in [4.78, 5) is 25.0. The van der Waals surface area contributed by atoms with Crippen molar-refractivity contribution < 1.29 is 14.3 Å². The topological polar surface area (TPSA) is 72.6 Å². The quantitative estimate of drug-likeness (QED) is 0.782. The maximum Gasteiger partial charge on any atom is 0.260 e. The van der Waals surface area contributed by atoms with Gasteiger partial charge in [0.15, 0.2) is 0 Å². The summed E-state index contributed by atoms with van der Waals surface area (Å²) < 4.78 is 5.13. The molecule has 0 saturated carbocycles. The minimum Gasteiger partial charge on any atom is -0.496 e. The zero-order chi connectivity index (χ0) is 13.3. The van der Waals surface area contributed by atoms with Crippen LogP contribution in [-0.2, 0) is 4.79 Å². The van der Waals surface area contributed by atoms with Gasteiger partial charge in [-0.2, -0.15) is 0 Å². The Morgan fingerprint density at radius 3 is 2.72 bits per heavy atom. The number of imide groups is 1. The Morgan fingerprint density at radius 1 is 1.50 bits per heavy atom. The molecule has 1 aliphatic heterocycles. The van der Waals surface area contributed by atoms with E-state index in [4.69, 9.17) is 10.5 Å².